The highest BCUT2D eigenvalue weighted by molar-refractivity contribution is 5.94. The number of nitrogens with two attached hydrogens (primary N) is 1. The van der Waals surface area contributed by atoms with Gasteiger partial charge in [-0.2, -0.15) is 0 Å². The maximum Gasteiger partial charge on any atom is 0.253 e. The lowest BCUT2D eigenvalue weighted by Crippen LogP contribution is -2.50. The number of carbonyl (C=O) groups excluding carboxylic acids is 2. The second-order valence-corrected chi connectivity index (χ2v) is 6.86. The quantitative estimate of drug-likeness (QED) is 0.751. The van der Waals surface area contributed by atoms with E-state index in [0.29, 0.717) is 57.7 Å². The molecule has 0 radical (unpaired) electrons. The third-order valence-electron chi connectivity index (χ3n) is 4.86. The van der Waals surface area contributed by atoms with Gasteiger partial charge in [0.2, 0.25) is 5.91 Å². The van der Waals surface area contributed by atoms with Crippen LogP contribution in [-0.2, 0) is 11.4 Å². The lowest BCUT2D eigenvalue weighted by molar-refractivity contribution is -0.132. The Balaban J connectivity index is 0.00000300. The minimum Gasteiger partial charge on any atom is -0.489 e. The Kier molecular flexibility index (Phi) is 8.96. The summed E-state index contributed by atoms with van der Waals surface area (Å²) < 4.78 is 5.77. The van der Waals surface area contributed by atoms with Crippen molar-refractivity contribution in [1.82, 2.24) is 9.80 Å². The Morgan fingerprint density at radius 3 is 2.14 bits per heavy atom. The van der Waals surface area contributed by atoms with Crippen molar-refractivity contribution >= 4 is 24.2 Å². The van der Waals surface area contributed by atoms with Crippen LogP contribution in [0.25, 0.3) is 0 Å². The smallest absolute Gasteiger partial charge is 0.253 e. The van der Waals surface area contributed by atoms with Crippen molar-refractivity contribution in [3.63, 3.8) is 0 Å². The van der Waals surface area contributed by atoms with Crippen molar-refractivity contribution in [3.05, 3.63) is 65.7 Å². The Hall–Kier alpha value is -2.57. The van der Waals surface area contributed by atoms with Gasteiger partial charge in [0.05, 0.1) is 0 Å². The highest BCUT2D eigenvalue weighted by Gasteiger charge is 2.24. The Labute approximate surface area is 178 Å². The summed E-state index contributed by atoms with van der Waals surface area (Å²) >= 11 is 0. The summed E-state index contributed by atoms with van der Waals surface area (Å²) in [5.74, 6) is 0.844. The first-order valence-electron chi connectivity index (χ1n) is 9.71. The normalized spacial score (nSPS) is 13.6. The summed E-state index contributed by atoms with van der Waals surface area (Å²) in [5, 5.41) is 0. The second-order valence-electron chi connectivity index (χ2n) is 6.86. The van der Waals surface area contributed by atoms with Crippen molar-refractivity contribution in [1.29, 1.82) is 0 Å². The molecule has 0 saturated carbocycles. The predicted molar refractivity (Wildman–Crippen MR) is 115 cm³/mol. The average molecular weight is 418 g/mol. The van der Waals surface area contributed by atoms with E-state index in [9.17, 15) is 9.59 Å². The lowest BCUT2D eigenvalue weighted by atomic mass is 10.1. The molecule has 0 aromatic heterocycles. The van der Waals surface area contributed by atoms with Crippen molar-refractivity contribution in [2.45, 2.75) is 19.4 Å². The van der Waals surface area contributed by atoms with E-state index in [0.717, 1.165) is 11.3 Å². The molecule has 0 atom stereocenters. The number of ether oxygens (including phenoxy) is 1. The number of halogens is 1. The first-order valence-corrected chi connectivity index (χ1v) is 9.71. The van der Waals surface area contributed by atoms with Gasteiger partial charge in [-0.1, -0.05) is 30.3 Å². The Morgan fingerprint density at radius 1 is 0.897 bits per heavy atom. The summed E-state index contributed by atoms with van der Waals surface area (Å²) in [4.78, 5) is 28.4. The van der Waals surface area contributed by atoms with Crippen LogP contribution in [0, 0.1) is 0 Å². The van der Waals surface area contributed by atoms with Crippen LogP contribution in [0.4, 0.5) is 0 Å². The molecule has 6 nitrogen and oxygen atoms in total. The molecule has 0 unspecified atom stereocenters. The highest BCUT2D eigenvalue weighted by Crippen LogP contribution is 2.16. The van der Waals surface area contributed by atoms with E-state index in [-0.39, 0.29) is 24.2 Å². The van der Waals surface area contributed by atoms with Gasteiger partial charge in [0.15, 0.2) is 0 Å². The molecule has 1 heterocycles. The Bertz CT molecular complexity index is 776. The second kappa shape index (κ2) is 11.4. The summed E-state index contributed by atoms with van der Waals surface area (Å²) in [6, 6.07) is 17.2. The monoisotopic (exact) mass is 417 g/mol. The van der Waals surface area contributed by atoms with Crippen LogP contribution >= 0.6 is 12.4 Å². The number of rotatable bonds is 7. The van der Waals surface area contributed by atoms with Crippen molar-refractivity contribution < 1.29 is 14.3 Å². The van der Waals surface area contributed by atoms with Crippen LogP contribution in [0.3, 0.4) is 0 Å². The maximum atomic E-state index is 12.7. The molecule has 0 bridgehead atoms. The van der Waals surface area contributed by atoms with E-state index in [4.69, 9.17) is 10.5 Å². The third kappa shape index (κ3) is 6.48. The molecule has 1 fully saturated rings. The molecule has 156 valence electrons. The number of hydrogen-bond donors (Lipinski definition) is 1. The standard InChI is InChI=1S/C22H27N3O3.ClH/c23-12-4-7-21(26)24-13-15-25(16-14-24)22(27)19-8-10-20(11-9-19)28-17-18-5-2-1-3-6-18;/h1-3,5-6,8-11H,4,7,12-17,23H2;1H. The summed E-state index contributed by atoms with van der Waals surface area (Å²) in [6.07, 6.45) is 1.19. The van der Waals surface area contributed by atoms with E-state index in [2.05, 4.69) is 0 Å². The molecule has 29 heavy (non-hydrogen) atoms. The zero-order valence-electron chi connectivity index (χ0n) is 16.5. The van der Waals surface area contributed by atoms with Crippen LogP contribution in [-0.4, -0.2) is 54.3 Å². The van der Waals surface area contributed by atoms with E-state index in [1.165, 1.54) is 0 Å². The van der Waals surface area contributed by atoms with Gasteiger partial charge < -0.3 is 20.3 Å². The van der Waals surface area contributed by atoms with Crippen LogP contribution in [0.15, 0.2) is 54.6 Å². The number of hydrogen-bond acceptors (Lipinski definition) is 4. The number of carbonyl (C=O) groups is 2. The number of benzene rings is 2. The lowest BCUT2D eigenvalue weighted by Gasteiger charge is -2.35. The zero-order chi connectivity index (χ0) is 19.8. The van der Waals surface area contributed by atoms with E-state index >= 15 is 0 Å². The van der Waals surface area contributed by atoms with E-state index < -0.39 is 0 Å². The van der Waals surface area contributed by atoms with Gasteiger partial charge in [-0.15, -0.1) is 12.4 Å². The molecular weight excluding hydrogens is 390 g/mol. The average Bonchev–Trinajstić information content (AvgIpc) is 2.76. The molecule has 0 spiro atoms. The van der Waals surface area contributed by atoms with Gasteiger partial charge in [-0.3, -0.25) is 9.59 Å². The number of amides is 2. The fourth-order valence-electron chi connectivity index (χ4n) is 3.19. The molecule has 7 heteroatoms. The van der Waals surface area contributed by atoms with Crippen LogP contribution in [0.1, 0.15) is 28.8 Å². The first kappa shape index (κ1) is 22.7. The SMILES string of the molecule is Cl.NCCCC(=O)N1CCN(C(=O)c2ccc(OCc3ccccc3)cc2)CC1. The minimum atomic E-state index is -0.0105. The first-order chi connectivity index (χ1) is 13.7. The van der Waals surface area contributed by atoms with Gasteiger partial charge in [0, 0.05) is 38.2 Å². The van der Waals surface area contributed by atoms with E-state index in [1.54, 1.807) is 17.0 Å². The summed E-state index contributed by atoms with van der Waals surface area (Å²) in [5.41, 5.74) is 7.19. The van der Waals surface area contributed by atoms with Crippen LogP contribution in [0.2, 0.25) is 0 Å². The van der Waals surface area contributed by atoms with Crippen molar-refractivity contribution in [2.75, 3.05) is 32.7 Å². The predicted octanol–water partition coefficient (Wildman–Crippen LogP) is 2.71. The maximum absolute atomic E-state index is 12.7. The van der Waals surface area contributed by atoms with Crippen LogP contribution in [0.5, 0.6) is 5.75 Å². The molecule has 2 amide bonds. The number of nitrogens with zero attached hydrogens (tertiary/aromatic N) is 2. The van der Waals surface area contributed by atoms with Crippen LogP contribution < -0.4 is 10.5 Å². The van der Waals surface area contributed by atoms with Crippen molar-refractivity contribution in [3.8, 4) is 5.75 Å². The highest BCUT2D eigenvalue weighted by atomic mass is 35.5. The Morgan fingerprint density at radius 2 is 1.52 bits per heavy atom. The van der Waals surface area contributed by atoms with Gasteiger partial charge >= 0.3 is 0 Å². The number of piperazine rings is 1. The molecule has 1 aliphatic heterocycles. The van der Waals surface area contributed by atoms with Gasteiger partial charge in [-0.25, -0.2) is 0 Å². The van der Waals surface area contributed by atoms with Gasteiger partial charge in [0.25, 0.3) is 5.91 Å². The molecule has 2 N–H and O–H groups in total. The van der Waals surface area contributed by atoms with E-state index in [1.807, 2.05) is 47.4 Å². The molecular formula is C22H28ClN3O3. The molecule has 2 aromatic carbocycles. The summed E-state index contributed by atoms with van der Waals surface area (Å²) in [6.45, 7) is 3.28. The molecule has 2 aromatic rings. The molecule has 0 aliphatic carbocycles. The largest absolute Gasteiger partial charge is 0.489 e. The third-order valence-corrected chi connectivity index (χ3v) is 4.86. The van der Waals surface area contributed by atoms with Gasteiger partial charge in [0.1, 0.15) is 12.4 Å². The summed E-state index contributed by atoms with van der Waals surface area (Å²) in [7, 11) is 0. The fourth-order valence-corrected chi connectivity index (χ4v) is 3.19. The molecule has 3 rings (SSSR count). The topological polar surface area (TPSA) is 75.9 Å². The van der Waals surface area contributed by atoms with Gasteiger partial charge in [-0.05, 0) is 42.8 Å². The fraction of sp³-hybridized carbons (Fsp3) is 0.364. The molecule has 1 saturated heterocycles. The zero-order valence-corrected chi connectivity index (χ0v) is 17.3. The molecule has 1 aliphatic rings. The van der Waals surface area contributed by atoms with Crippen molar-refractivity contribution in [2.24, 2.45) is 5.73 Å². The minimum absolute atomic E-state index is 0.